The van der Waals surface area contributed by atoms with Crippen molar-refractivity contribution in [1.82, 2.24) is 15.3 Å². The molecular weight excluding hydrogens is 272 g/mol. The van der Waals surface area contributed by atoms with E-state index in [1.54, 1.807) is 18.3 Å². The van der Waals surface area contributed by atoms with Crippen molar-refractivity contribution in [2.75, 3.05) is 6.54 Å². The van der Waals surface area contributed by atoms with Crippen LogP contribution >= 0.6 is 12.2 Å². The van der Waals surface area contributed by atoms with Gasteiger partial charge in [0.25, 0.3) is 5.91 Å². The molecule has 2 rings (SSSR count). The van der Waals surface area contributed by atoms with E-state index >= 15 is 0 Å². The molecule has 0 saturated heterocycles. The fourth-order valence-corrected chi connectivity index (χ4v) is 1.74. The highest BCUT2D eigenvalue weighted by atomic mass is 32.1. The number of aromatic nitrogens is 2. The van der Waals surface area contributed by atoms with Crippen molar-refractivity contribution < 1.29 is 4.79 Å². The minimum atomic E-state index is -0.226. The van der Waals surface area contributed by atoms with Gasteiger partial charge in [0.2, 0.25) is 0 Å². The number of amides is 1. The SMILES string of the molecule is NC(=S)c1ccc(C(=O)NCCc2ccccn2)nc1. The number of nitrogens with one attached hydrogen (secondary N) is 1. The summed E-state index contributed by atoms with van der Waals surface area (Å²) < 4.78 is 0. The van der Waals surface area contributed by atoms with Gasteiger partial charge in [-0.3, -0.25) is 14.8 Å². The first-order valence-electron chi connectivity index (χ1n) is 6.11. The molecule has 2 heterocycles. The van der Waals surface area contributed by atoms with Crippen molar-refractivity contribution in [2.45, 2.75) is 6.42 Å². The quantitative estimate of drug-likeness (QED) is 0.804. The van der Waals surface area contributed by atoms with Crippen LogP contribution in [-0.4, -0.2) is 27.4 Å². The van der Waals surface area contributed by atoms with Gasteiger partial charge in [-0.25, -0.2) is 0 Å². The molecule has 0 saturated carbocycles. The van der Waals surface area contributed by atoms with Crippen LogP contribution < -0.4 is 11.1 Å². The maximum Gasteiger partial charge on any atom is 0.269 e. The number of thiocarbonyl (C=S) groups is 1. The Morgan fingerprint density at radius 1 is 1.25 bits per heavy atom. The average molecular weight is 286 g/mol. The lowest BCUT2D eigenvalue weighted by molar-refractivity contribution is 0.0949. The van der Waals surface area contributed by atoms with Crippen LogP contribution in [0.5, 0.6) is 0 Å². The van der Waals surface area contributed by atoms with Crippen molar-refractivity contribution in [3.05, 3.63) is 59.7 Å². The lowest BCUT2D eigenvalue weighted by atomic mass is 10.2. The fourth-order valence-electron chi connectivity index (χ4n) is 1.61. The highest BCUT2D eigenvalue weighted by Crippen LogP contribution is 2.00. The third kappa shape index (κ3) is 3.83. The van der Waals surface area contributed by atoms with Crippen LogP contribution in [-0.2, 0) is 6.42 Å². The maximum absolute atomic E-state index is 11.9. The van der Waals surface area contributed by atoms with Gasteiger partial charge >= 0.3 is 0 Å². The Kier molecular flexibility index (Phi) is 4.73. The molecule has 0 bridgehead atoms. The number of nitrogens with two attached hydrogens (primary N) is 1. The molecule has 0 aliphatic rings. The summed E-state index contributed by atoms with van der Waals surface area (Å²) in [5.74, 6) is -0.226. The third-order valence-electron chi connectivity index (χ3n) is 2.67. The second-order valence-corrected chi connectivity index (χ2v) is 4.56. The molecule has 102 valence electrons. The summed E-state index contributed by atoms with van der Waals surface area (Å²) in [6, 6.07) is 8.98. The van der Waals surface area contributed by atoms with E-state index in [9.17, 15) is 4.79 Å². The minimum absolute atomic E-state index is 0.226. The van der Waals surface area contributed by atoms with Crippen LogP contribution in [0.3, 0.4) is 0 Å². The Hall–Kier alpha value is -2.34. The van der Waals surface area contributed by atoms with Gasteiger partial charge in [-0.05, 0) is 24.3 Å². The van der Waals surface area contributed by atoms with Crippen LogP contribution in [0.4, 0.5) is 0 Å². The first-order valence-corrected chi connectivity index (χ1v) is 6.51. The van der Waals surface area contributed by atoms with E-state index in [1.807, 2.05) is 18.2 Å². The molecule has 0 aliphatic carbocycles. The summed E-state index contributed by atoms with van der Waals surface area (Å²) in [7, 11) is 0. The molecule has 0 unspecified atom stereocenters. The van der Waals surface area contributed by atoms with E-state index in [2.05, 4.69) is 15.3 Å². The normalized spacial score (nSPS) is 10.0. The van der Waals surface area contributed by atoms with Crippen molar-refractivity contribution in [2.24, 2.45) is 5.73 Å². The van der Waals surface area contributed by atoms with Crippen molar-refractivity contribution >= 4 is 23.1 Å². The van der Waals surface area contributed by atoms with Crippen LogP contribution in [0, 0.1) is 0 Å². The molecule has 0 aliphatic heterocycles. The van der Waals surface area contributed by atoms with E-state index in [4.69, 9.17) is 18.0 Å². The number of carbonyl (C=O) groups excluding carboxylic acids is 1. The predicted octanol–water partition coefficient (Wildman–Crippen LogP) is 1.08. The Labute approximate surface area is 122 Å². The minimum Gasteiger partial charge on any atom is -0.389 e. The van der Waals surface area contributed by atoms with E-state index in [1.165, 1.54) is 6.20 Å². The summed E-state index contributed by atoms with van der Waals surface area (Å²) in [6.07, 6.45) is 3.90. The van der Waals surface area contributed by atoms with Gasteiger partial charge in [-0.2, -0.15) is 0 Å². The highest BCUT2D eigenvalue weighted by Gasteiger charge is 2.07. The fraction of sp³-hybridized carbons (Fsp3) is 0.143. The van der Waals surface area contributed by atoms with Gasteiger partial charge in [-0.1, -0.05) is 18.3 Å². The molecule has 1 amide bonds. The topological polar surface area (TPSA) is 80.9 Å². The zero-order valence-electron chi connectivity index (χ0n) is 10.7. The lowest BCUT2D eigenvalue weighted by Crippen LogP contribution is -2.26. The maximum atomic E-state index is 11.9. The number of hydrogen-bond acceptors (Lipinski definition) is 4. The summed E-state index contributed by atoms with van der Waals surface area (Å²) in [5, 5.41) is 2.79. The zero-order valence-corrected chi connectivity index (χ0v) is 11.6. The highest BCUT2D eigenvalue weighted by molar-refractivity contribution is 7.80. The molecule has 5 nitrogen and oxygen atoms in total. The molecule has 6 heteroatoms. The van der Waals surface area contributed by atoms with Gasteiger partial charge in [0.1, 0.15) is 10.7 Å². The molecular formula is C14H14N4OS. The van der Waals surface area contributed by atoms with Crippen molar-refractivity contribution in [3.8, 4) is 0 Å². The monoisotopic (exact) mass is 286 g/mol. The van der Waals surface area contributed by atoms with E-state index in [0.29, 0.717) is 24.2 Å². The van der Waals surface area contributed by atoms with E-state index in [0.717, 1.165) is 5.69 Å². The number of hydrogen-bond donors (Lipinski definition) is 2. The van der Waals surface area contributed by atoms with Crippen LogP contribution in [0.15, 0.2) is 42.7 Å². The summed E-state index contributed by atoms with van der Waals surface area (Å²) in [6.45, 7) is 0.509. The van der Waals surface area contributed by atoms with Crippen LogP contribution in [0.25, 0.3) is 0 Å². The molecule has 2 aromatic heterocycles. The van der Waals surface area contributed by atoms with E-state index < -0.39 is 0 Å². The first-order chi connectivity index (χ1) is 9.66. The number of pyridine rings is 2. The van der Waals surface area contributed by atoms with Gasteiger partial charge in [0.15, 0.2) is 0 Å². The van der Waals surface area contributed by atoms with Crippen LogP contribution in [0.1, 0.15) is 21.7 Å². The first kappa shape index (κ1) is 14.1. The van der Waals surface area contributed by atoms with Crippen molar-refractivity contribution in [1.29, 1.82) is 0 Å². The number of rotatable bonds is 5. The Balaban J connectivity index is 1.87. The zero-order chi connectivity index (χ0) is 14.4. The third-order valence-corrected chi connectivity index (χ3v) is 2.91. The number of nitrogens with zero attached hydrogens (tertiary/aromatic N) is 2. The second kappa shape index (κ2) is 6.72. The Bertz CT molecular complexity index is 598. The number of carbonyl (C=O) groups is 1. The van der Waals surface area contributed by atoms with Crippen LogP contribution in [0.2, 0.25) is 0 Å². The molecule has 0 spiro atoms. The molecule has 2 aromatic rings. The lowest BCUT2D eigenvalue weighted by Gasteiger charge is -2.05. The second-order valence-electron chi connectivity index (χ2n) is 4.12. The van der Waals surface area contributed by atoms with Gasteiger partial charge in [0.05, 0.1) is 0 Å². The summed E-state index contributed by atoms with van der Waals surface area (Å²) >= 11 is 4.83. The largest absolute Gasteiger partial charge is 0.389 e. The molecule has 0 atom stereocenters. The Morgan fingerprint density at radius 3 is 2.70 bits per heavy atom. The molecule has 20 heavy (non-hydrogen) atoms. The van der Waals surface area contributed by atoms with E-state index in [-0.39, 0.29) is 10.9 Å². The van der Waals surface area contributed by atoms with Gasteiger partial charge in [-0.15, -0.1) is 0 Å². The smallest absolute Gasteiger partial charge is 0.269 e. The standard InChI is InChI=1S/C14H14N4OS/c15-13(20)10-4-5-12(18-9-10)14(19)17-8-6-11-3-1-2-7-16-11/h1-5,7,9H,6,8H2,(H2,15,20)(H,17,19). The summed E-state index contributed by atoms with van der Waals surface area (Å²) in [4.78, 5) is 20.3. The molecule has 0 fully saturated rings. The Morgan fingerprint density at radius 2 is 2.10 bits per heavy atom. The predicted molar refractivity (Wildman–Crippen MR) is 80.4 cm³/mol. The van der Waals surface area contributed by atoms with Crippen molar-refractivity contribution in [3.63, 3.8) is 0 Å². The summed E-state index contributed by atoms with van der Waals surface area (Å²) in [5.41, 5.74) is 7.39. The average Bonchev–Trinajstić information content (AvgIpc) is 2.48. The van der Waals surface area contributed by atoms with Gasteiger partial charge < -0.3 is 11.1 Å². The van der Waals surface area contributed by atoms with Gasteiger partial charge in [0, 0.05) is 36.6 Å². The molecule has 0 radical (unpaired) electrons. The molecule has 3 N–H and O–H groups in total. The molecule has 0 aromatic carbocycles.